The molecular weight excluding hydrogens is 166 g/mol. The second-order valence-corrected chi connectivity index (χ2v) is 2.09. The van der Waals surface area contributed by atoms with Gasteiger partial charge in [-0.05, 0) is 0 Å². The van der Waals surface area contributed by atoms with Gasteiger partial charge in [0.2, 0.25) is 0 Å². The molecule has 7 nitrogen and oxygen atoms in total. The standard InChI is InChI=1S/C5H5N3O4/c1-7-2-6-4(9)3(5(7)10)8(11)12/h2,9H,1H3. The van der Waals surface area contributed by atoms with E-state index in [-0.39, 0.29) is 0 Å². The predicted molar refractivity (Wildman–Crippen MR) is 37.8 cm³/mol. The Labute approximate surface area is 66.1 Å². The number of nitrogens with zero attached hydrogens (tertiary/aromatic N) is 3. The average Bonchev–Trinajstić information content (AvgIpc) is 1.97. The van der Waals surface area contributed by atoms with E-state index in [4.69, 9.17) is 5.11 Å². The Morgan fingerprint density at radius 2 is 2.33 bits per heavy atom. The molecule has 0 saturated carbocycles. The van der Waals surface area contributed by atoms with Crippen LogP contribution in [0.15, 0.2) is 11.1 Å². The molecule has 12 heavy (non-hydrogen) atoms. The van der Waals surface area contributed by atoms with Crippen LogP contribution in [0.2, 0.25) is 0 Å². The van der Waals surface area contributed by atoms with Crippen molar-refractivity contribution >= 4 is 5.69 Å². The lowest BCUT2D eigenvalue weighted by Crippen LogP contribution is -2.19. The molecule has 0 aliphatic rings. The van der Waals surface area contributed by atoms with Crippen LogP contribution in [0.1, 0.15) is 0 Å². The fourth-order valence-electron chi connectivity index (χ4n) is 0.677. The fraction of sp³-hybridized carbons (Fsp3) is 0.200. The summed E-state index contributed by atoms with van der Waals surface area (Å²) in [7, 11) is 1.31. The highest BCUT2D eigenvalue weighted by Gasteiger charge is 2.20. The molecule has 7 heteroatoms. The highest BCUT2D eigenvalue weighted by Crippen LogP contribution is 2.14. The van der Waals surface area contributed by atoms with Crippen LogP contribution in [-0.4, -0.2) is 19.6 Å². The van der Waals surface area contributed by atoms with Crippen molar-refractivity contribution in [3.05, 3.63) is 26.8 Å². The Bertz CT molecular complexity index is 383. The van der Waals surface area contributed by atoms with Gasteiger partial charge in [-0.1, -0.05) is 0 Å². The van der Waals surface area contributed by atoms with Crippen LogP contribution in [0.25, 0.3) is 0 Å². The van der Waals surface area contributed by atoms with E-state index in [1.54, 1.807) is 0 Å². The maximum atomic E-state index is 11.0. The molecule has 64 valence electrons. The maximum Gasteiger partial charge on any atom is 0.395 e. The van der Waals surface area contributed by atoms with E-state index in [1.165, 1.54) is 7.05 Å². The topological polar surface area (TPSA) is 98.3 Å². The molecule has 0 unspecified atom stereocenters. The second-order valence-electron chi connectivity index (χ2n) is 2.09. The largest absolute Gasteiger partial charge is 0.488 e. The third-order valence-electron chi connectivity index (χ3n) is 1.27. The summed E-state index contributed by atoms with van der Waals surface area (Å²) in [6.45, 7) is 0. The monoisotopic (exact) mass is 171 g/mol. The normalized spacial score (nSPS) is 9.75. The quantitative estimate of drug-likeness (QED) is 0.449. The van der Waals surface area contributed by atoms with Crippen LogP contribution in [0.3, 0.4) is 0 Å². The fourth-order valence-corrected chi connectivity index (χ4v) is 0.677. The van der Waals surface area contributed by atoms with Crippen LogP contribution in [0.4, 0.5) is 5.69 Å². The smallest absolute Gasteiger partial charge is 0.395 e. The van der Waals surface area contributed by atoms with Crippen molar-refractivity contribution in [1.82, 2.24) is 9.55 Å². The Balaban J connectivity index is 3.55. The van der Waals surface area contributed by atoms with E-state index in [9.17, 15) is 14.9 Å². The Morgan fingerprint density at radius 3 is 2.75 bits per heavy atom. The number of nitro groups is 1. The zero-order valence-corrected chi connectivity index (χ0v) is 6.09. The molecule has 1 heterocycles. The van der Waals surface area contributed by atoms with Gasteiger partial charge in [0.05, 0.1) is 4.92 Å². The molecule has 0 atom stereocenters. The number of aromatic nitrogens is 2. The zero-order valence-electron chi connectivity index (χ0n) is 6.09. The van der Waals surface area contributed by atoms with Crippen LogP contribution >= 0.6 is 0 Å². The van der Waals surface area contributed by atoms with Gasteiger partial charge < -0.3 is 5.11 Å². The van der Waals surface area contributed by atoms with Gasteiger partial charge in [0.15, 0.2) is 0 Å². The molecule has 1 aromatic heterocycles. The lowest BCUT2D eigenvalue weighted by Gasteiger charge is -1.96. The van der Waals surface area contributed by atoms with E-state index < -0.39 is 22.0 Å². The van der Waals surface area contributed by atoms with Crippen molar-refractivity contribution in [2.24, 2.45) is 7.05 Å². The first-order valence-electron chi connectivity index (χ1n) is 2.93. The van der Waals surface area contributed by atoms with Crippen LogP contribution in [-0.2, 0) is 7.05 Å². The second kappa shape index (κ2) is 2.61. The van der Waals surface area contributed by atoms with Crippen molar-refractivity contribution < 1.29 is 10.0 Å². The highest BCUT2D eigenvalue weighted by molar-refractivity contribution is 5.36. The van der Waals surface area contributed by atoms with Gasteiger partial charge in [-0.15, -0.1) is 0 Å². The molecule has 0 radical (unpaired) electrons. The summed E-state index contributed by atoms with van der Waals surface area (Å²) in [5, 5.41) is 19.0. The van der Waals surface area contributed by atoms with Gasteiger partial charge >= 0.3 is 11.2 Å². The molecule has 1 aromatic rings. The molecule has 0 amide bonds. The van der Waals surface area contributed by atoms with Crippen LogP contribution in [0.5, 0.6) is 5.88 Å². The third kappa shape index (κ3) is 1.11. The summed E-state index contributed by atoms with van der Waals surface area (Å²) in [4.78, 5) is 23.4. The summed E-state index contributed by atoms with van der Waals surface area (Å²) in [6, 6.07) is 0. The van der Waals surface area contributed by atoms with Gasteiger partial charge in [-0.25, -0.2) is 0 Å². The van der Waals surface area contributed by atoms with Crippen molar-refractivity contribution in [3.63, 3.8) is 0 Å². The van der Waals surface area contributed by atoms with Crippen molar-refractivity contribution in [2.45, 2.75) is 0 Å². The minimum Gasteiger partial charge on any atom is -0.488 e. The average molecular weight is 171 g/mol. The lowest BCUT2D eigenvalue weighted by molar-refractivity contribution is -0.387. The minimum absolute atomic E-state index is 0.858. The zero-order chi connectivity index (χ0) is 9.30. The molecule has 0 aliphatic carbocycles. The Hall–Kier alpha value is -1.92. The first-order valence-corrected chi connectivity index (χ1v) is 2.93. The van der Waals surface area contributed by atoms with Gasteiger partial charge in [-0.2, -0.15) is 4.98 Å². The number of aryl methyl sites for hydroxylation is 1. The van der Waals surface area contributed by atoms with E-state index in [2.05, 4.69) is 4.98 Å². The predicted octanol–water partition coefficient (Wildman–Crippen LogP) is -0.606. The molecule has 0 aromatic carbocycles. The summed E-state index contributed by atoms with van der Waals surface area (Å²) < 4.78 is 0.915. The first-order chi connectivity index (χ1) is 5.54. The van der Waals surface area contributed by atoms with Crippen molar-refractivity contribution in [1.29, 1.82) is 0 Å². The van der Waals surface area contributed by atoms with E-state index in [0.29, 0.717) is 0 Å². The molecular formula is C5H5N3O4. The van der Waals surface area contributed by atoms with Crippen molar-refractivity contribution in [2.75, 3.05) is 0 Å². The van der Waals surface area contributed by atoms with Crippen LogP contribution < -0.4 is 5.56 Å². The van der Waals surface area contributed by atoms with E-state index >= 15 is 0 Å². The summed E-state index contributed by atoms with van der Waals surface area (Å²) in [6.07, 6.45) is 1.00. The SMILES string of the molecule is Cn1cnc(O)c([N+](=O)[O-])c1=O. The number of aromatic hydroxyl groups is 1. The van der Waals surface area contributed by atoms with E-state index in [0.717, 1.165) is 10.9 Å². The van der Waals surface area contributed by atoms with Crippen molar-refractivity contribution in [3.8, 4) is 5.88 Å². The lowest BCUT2D eigenvalue weighted by atomic mass is 10.5. The summed E-state index contributed by atoms with van der Waals surface area (Å²) >= 11 is 0. The van der Waals surface area contributed by atoms with Gasteiger partial charge in [0.25, 0.3) is 5.88 Å². The van der Waals surface area contributed by atoms with Crippen LogP contribution in [0, 0.1) is 10.1 Å². The molecule has 0 fully saturated rings. The number of hydrogen-bond donors (Lipinski definition) is 1. The molecule has 0 aliphatic heterocycles. The molecule has 1 N–H and O–H groups in total. The van der Waals surface area contributed by atoms with Gasteiger partial charge in [0.1, 0.15) is 6.33 Å². The van der Waals surface area contributed by atoms with Gasteiger partial charge in [-0.3, -0.25) is 19.5 Å². The molecule has 1 rings (SSSR count). The summed E-state index contributed by atoms with van der Waals surface area (Å²) in [5.41, 5.74) is -1.78. The number of rotatable bonds is 1. The molecule has 0 saturated heterocycles. The molecule has 0 bridgehead atoms. The first kappa shape index (κ1) is 8.18. The van der Waals surface area contributed by atoms with E-state index in [1.807, 2.05) is 0 Å². The molecule has 0 spiro atoms. The van der Waals surface area contributed by atoms with Gasteiger partial charge in [0, 0.05) is 7.05 Å². The Kier molecular flexibility index (Phi) is 1.78. The minimum atomic E-state index is -0.968. The number of hydrogen-bond acceptors (Lipinski definition) is 5. The third-order valence-corrected chi connectivity index (χ3v) is 1.27. The summed E-state index contributed by atoms with van der Waals surface area (Å²) in [5.74, 6) is -0.858. The highest BCUT2D eigenvalue weighted by atomic mass is 16.6. The maximum absolute atomic E-state index is 11.0. The Morgan fingerprint density at radius 1 is 1.75 bits per heavy atom.